The third kappa shape index (κ3) is 3.18. The lowest BCUT2D eigenvalue weighted by Crippen LogP contribution is -2.38. The number of halogens is 2. The summed E-state index contributed by atoms with van der Waals surface area (Å²) in [5.41, 5.74) is 0.881. The van der Waals surface area contributed by atoms with Crippen LogP contribution in [0.15, 0.2) is 18.2 Å². The summed E-state index contributed by atoms with van der Waals surface area (Å²) in [6, 6.07) is 4.49. The summed E-state index contributed by atoms with van der Waals surface area (Å²) in [6.45, 7) is 5.97. The molecule has 0 aromatic heterocycles. The molecule has 1 atom stereocenters. The van der Waals surface area contributed by atoms with Gasteiger partial charge in [-0.3, -0.25) is 4.90 Å². The lowest BCUT2D eigenvalue weighted by molar-refractivity contribution is 0.161. The minimum Gasteiger partial charge on any atom is -0.316 e. The predicted octanol–water partition coefficient (Wildman–Crippen LogP) is 2.93. The first-order valence-corrected chi connectivity index (χ1v) is 7.44. The minimum atomic E-state index is -0.504. The van der Waals surface area contributed by atoms with Gasteiger partial charge in [-0.25, -0.2) is 8.78 Å². The highest BCUT2D eigenvalue weighted by atomic mass is 19.1. The molecular formula is C16H22F2N2. The second kappa shape index (κ2) is 5.41. The molecule has 1 N–H and O–H groups in total. The minimum absolute atomic E-state index is 0.277. The van der Waals surface area contributed by atoms with Crippen LogP contribution in [-0.4, -0.2) is 30.6 Å². The van der Waals surface area contributed by atoms with Crippen molar-refractivity contribution in [3.8, 4) is 0 Å². The third-order valence-electron chi connectivity index (χ3n) is 4.49. The number of nitrogens with one attached hydrogen (secondary N) is 1. The molecule has 3 rings (SSSR count). The van der Waals surface area contributed by atoms with Crippen LogP contribution >= 0.6 is 0 Å². The van der Waals surface area contributed by atoms with Gasteiger partial charge in [-0.2, -0.15) is 0 Å². The van der Waals surface area contributed by atoms with Gasteiger partial charge in [-0.05, 0) is 37.3 Å². The summed E-state index contributed by atoms with van der Waals surface area (Å²) >= 11 is 0. The molecule has 110 valence electrons. The van der Waals surface area contributed by atoms with Crippen molar-refractivity contribution in [1.82, 2.24) is 10.2 Å². The first-order valence-electron chi connectivity index (χ1n) is 7.44. The molecule has 1 aliphatic heterocycles. The van der Waals surface area contributed by atoms with Gasteiger partial charge >= 0.3 is 0 Å². The smallest absolute Gasteiger partial charge is 0.130 e. The van der Waals surface area contributed by atoms with E-state index in [0.717, 1.165) is 25.7 Å². The van der Waals surface area contributed by atoms with E-state index in [1.165, 1.54) is 25.3 Å². The van der Waals surface area contributed by atoms with E-state index in [0.29, 0.717) is 18.2 Å². The second-order valence-corrected chi connectivity index (χ2v) is 6.61. The fourth-order valence-corrected chi connectivity index (χ4v) is 3.12. The van der Waals surface area contributed by atoms with Crippen molar-refractivity contribution < 1.29 is 8.78 Å². The number of hydrogen-bond acceptors (Lipinski definition) is 2. The van der Waals surface area contributed by atoms with Crippen LogP contribution in [0.2, 0.25) is 0 Å². The Hall–Kier alpha value is -1.00. The topological polar surface area (TPSA) is 15.3 Å². The molecule has 0 bridgehead atoms. The van der Waals surface area contributed by atoms with Crippen LogP contribution in [0, 0.1) is 17.0 Å². The van der Waals surface area contributed by atoms with Gasteiger partial charge in [0.15, 0.2) is 0 Å². The van der Waals surface area contributed by atoms with E-state index < -0.39 is 11.6 Å². The van der Waals surface area contributed by atoms with E-state index in [9.17, 15) is 8.78 Å². The molecule has 1 aromatic rings. The van der Waals surface area contributed by atoms with E-state index >= 15 is 0 Å². The van der Waals surface area contributed by atoms with Crippen LogP contribution in [0.4, 0.5) is 8.78 Å². The zero-order valence-electron chi connectivity index (χ0n) is 12.0. The van der Waals surface area contributed by atoms with E-state index in [-0.39, 0.29) is 5.41 Å². The summed E-state index contributed by atoms with van der Waals surface area (Å²) in [5.74, 6) is -0.929. The number of rotatable bonds is 5. The monoisotopic (exact) mass is 280 g/mol. The quantitative estimate of drug-likeness (QED) is 0.892. The molecule has 0 spiro atoms. The van der Waals surface area contributed by atoms with Crippen LogP contribution in [0.3, 0.4) is 0 Å². The Morgan fingerprint density at radius 3 is 2.75 bits per heavy atom. The number of hydrogen-bond donors (Lipinski definition) is 1. The number of nitrogens with zero attached hydrogens (tertiary/aromatic N) is 1. The van der Waals surface area contributed by atoms with Crippen LogP contribution in [0.5, 0.6) is 0 Å². The maximum absolute atomic E-state index is 13.8. The Kier molecular flexibility index (Phi) is 3.78. The molecule has 1 heterocycles. The van der Waals surface area contributed by atoms with Crippen molar-refractivity contribution in [3.05, 3.63) is 35.4 Å². The molecule has 2 aliphatic rings. The summed E-state index contributed by atoms with van der Waals surface area (Å²) in [4.78, 5) is 2.38. The lowest BCUT2D eigenvalue weighted by Gasteiger charge is -2.32. The van der Waals surface area contributed by atoms with Gasteiger partial charge in [0.05, 0.1) is 0 Å². The van der Waals surface area contributed by atoms with Gasteiger partial charge in [-0.15, -0.1) is 0 Å². The normalized spacial score (nSPS) is 26.4. The molecule has 20 heavy (non-hydrogen) atoms. The Labute approximate surface area is 119 Å². The number of benzene rings is 1. The molecule has 1 saturated carbocycles. The SMILES string of the molecule is CC1(CN(Cc2ccc(F)cc2F)C2CC2)CCNC1. The highest BCUT2D eigenvalue weighted by molar-refractivity contribution is 5.19. The molecule has 1 aromatic carbocycles. The van der Waals surface area contributed by atoms with E-state index in [2.05, 4.69) is 17.1 Å². The first-order chi connectivity index (χ1) is 9.56. The zero-order valence-corrected chi connectivity index (χ0v) is 12.0. The molecule has 0 amide bonds. The highest BCUT2D eigenvalue weighted by Gasteiger charge is 2.36. The Bertz CT molecular complexity index is 479. The van der Waals surface area contributed by atoms with Gasteiger partial charge in [0.2, 0.25) is 0 Å². The van der Waals surface area contributed by atoms with Crippen molar-refractivity contribution >= 4 is 0 Å². The molecule has 2 nitrogen and oxygen atoms in total. The summed E-state index contributed by atoms with van der Waals surface area (Å²) in [7, 11) is 0. The standard InChI is InChI=1S/C16H22F2N2/c1-16(6-7-19-10-16)11-20(14-4-5-14)9-12-2-3-13(17)8-15(12)18/h2-3,8,14,19H,4-7,9-11H2,1H3. The third-order valence-corrected chi connectivity index (χ3v) is 4.49. The maximum atomic E-state index is 13.8. The van der Waals surface area contributed by atoms with Crippen molar-refractivity contribution in [2.24, 2.45) is 5.41 Å². The van der Waals surface area contributed by atoms with Gasteiger partial charge in [0.25, 0.3) is 0 Å². The molecule has 0 radical (unpaired) electrons. The van der Waals surface area contributed by atoms with Crippen molar-refractivity contribution in [2.45, 2.75) is 38.8 Å². The average Bonchev–Trinajstić information content (AvgIpc) is 3.15. The van der Waals surface area contributed by atoms with Crippen molar-refractivity contribution in [1.29, 1.82) is 0 Å². The fraction of sp³-hybridized carbons (Fsp3) is 0.625. The van der Waals surface area contributed by atoms with Crippen LogP contribution in [-0.2, 0) is 6.54 Å². The van der Waals surface area contributed by atoms with Crippen LogP contribution in [0.25, 0.3) is 0 Å². The molecule has 4 heteroatoms. The molecule has 1 unspecified atom stereocenters. The van der Waals surface area contributed by atoms with Crippen LogP contribution in [0.1, 0.15) is 31.7 Å². The van der Waals surface area contributed by atoms with Gasteiger partial charge < -0.3 is 5.32 Å². The lowest BCUT2D eigenvalue weighted by atomic mass is 9.89. The zero-order chi connectivity index (χ0) is 14.2. The predicted molar refractivity (Wildman–Crippen MR) is 75.4 cm³/mol. The maximum Gasteiger partial charge on any atom is 0.130 e. The van der Waals surface area contributed by atoms with E-state index in [1.54, 1.807) is 6.07 Å². The first kappa shape index (κ1) is 14.0. The molecule has 1 saturated heterocycles. The fourth-order valence-electron chi connectivity index (χ4n) is 3.12. The largest absolute Gasteiger partial charge is 0.316 e. The Morgan fingerprint density at radius 1 is 1.35 bits per heavy atom. The second-order valence-electron chi connectivity index (χ2n) is 6.61. The molecule has 2 fully saturated rings. The van der Waals surface area contributed by atoms with Crippen molar-refractivity contribution in [2.75, 3.05) is 19.6 Å². The van der Waals surface area contributed by atoms with E-state index in [4.69, 9.17) is 0 Å². The van der Waals surface area contributed by atoms with Gasteiger partial charge in [0.1, 0.15) is 11.6 Å². The van der Waals surface area contributed by atoms with E-state index in [1.807, 2.05) is 0 Å². The average molecular weight is 280 g/mol. The van der Waals surface area contributed by atoms with Crippen LogP contribution < -0.4 is 5.32 Å². The Balaban J connectivity index is 1.71. The molecule has 1 aliphatic carbocycles. The summed E-state index contributed by atoms with van der Waals surface area (Å²) < 4.78 is 26.8. The highest BCUT2D eigenvalue weighted by Crippen LogP contribution is 2.34. The van der Waals surface area contributed by atoms with Gasteiger partial charge in [0, 0.05) is 37.3 Å². The van der Waals surface area contributed by atoms with Gasteiger partial charge in [-0.1, -0.05) is 13.0 Å². The Morgan fingerprint density at radius 2 is 2.15 bits per heavy atom. The molecular weight excluding hydrogens is 258 g/mol. The van der Waals surface area contributed by atoms with Crippen molar-refractivity contribution in [3.63, 3.8) is 0 Å². The summed E-state index contributed by atoms with van der Waals surface area (Å²) in [5, 5.41) is 3.41. The summed E-state index contributed by atoms with van der Waals surface area (Å²) in [6.07, 6.45) is 3.57.